The molecule has 0 rings (SSSR count). The fourth-order valence-corrected chi connectivity index (χ4v) is 0.0913. The van der Waals surface area contributed by atoms with Crippen LogP contribution in [0.2, 0.25) is 0 Å². The van der Waals surface area contributed by atoms with Crippen molar-refractivity contribution >= 4 is 6.41 Å². The third kappa shape index (κ3) is 65.7. The first kappa shape index (κ1) is 10.2. The minimum atomic E-state index is 0.226. The van der Waals surface area contributed by atoms with Gasteiger partial charge in [0.25, 0.3) is 0 Å². The Morgan fingerprint density at radius 1 is 1.75 bits per heavy atom. The fraction of sp³-hybridized carbons (Fsp3) is 0.400. The Morgan fingerprint density at radius 2 is 2.12 bits per heavy atom. The SMILES string of the molecule is C=CCCO.NC=O. The quantitative estimate of drug-likeness (QED) is 0.384. The molecule has 0 aliphatic heterocycles. The normalized spacial score (nSPS) is 6.12. The van der Waals surface area contributed by atoms with Crippen LogP contribution in [0, 0.1) is 0 Å². The van der Waals surface area contributed by atoms with Gasteiger partial charge in [0, 0.05) is 6.61 Å². The second-order valence-corrected chi connectivity index (χ2v) is 0.937. The Labute approximate surface area is 48.8 Å². The van der Waals surface area contributed by atoms with Gasteiger partial charge in [0.1, 0.15) is 0 Å². The summed E-state index contributed by atoms with van der Waals surface area (Å²) in [5, 5.41) is 8.00. The average Bonchev–Trinajstić information content (AvgIpc) is 1.71. The lowest BCUT2D eigenvalue weighted by Crippen LogP contribution is -1.82. The Hall–Kier alpha value is -0.830. The third-order valence-electron chi connectivity index (χ3n) is 0.333. The standard InChI is InChI=1S/C4H8O.CH3NO/c1-2-3-4-5;2-1-3/h2,5H,1,3-4H2;1H,(H2,2,3). The predicted octanol–water partition coefficient (Wildman–Crippen LogP) is -0.344. The highest BCUT2D eigenvalue weighted by Gasteiger charge is 1.62. The second kappa shape index (κ2) is 16.4. The zero-order chi connectivity index (χ0) is 6.83. The van der Waals surface area contributed by atoms with E-state index in [-0.39, 0.29) is 13.0 Å². The number of aliphatic hydroxyl groups is 1. The number of primary amides is 1. The van der Waals surface area contributed by atoms with E-state index in [2.05, 4.69) is 12.3 Å². The largest absolute Gasteiger partial charge is 0.396 e. The number of hydrogen-bond acceptors (Lipinski definition) is 2. The van der Waals surface area contributed by atoms with E-state index in [1.165, 1.54) is 0 Å². The first-order chi connectivity index (χ1) is 3.83. The molecule has 0 bridgehead atoms. The molecule has 3 heteroatoms. The van der Waals surface area contributed by atoms with E-state index in [0.717, 1.165) is 0 Å². The smallest absolute Gasteiger partial charge is 0.204 e. The first-order valence-electron chi connectivity index (χ1n) is 2.20. The summed E-state index contributed by atoms with van der Waals surface area (Å²) in [6.45, 7) is 3.62. The number of nitrogens with two attached hydrogens (primary N) is 1. The summed E-state index contributed by atoms with van der Waals surface area (Å²) in [4.78, 5) is 8.58. The molecule has 0 aromatic carbocycles. The van der Waals surface area contributed by atoms with E-state index >= 15 is 0 Å². The Kier molecular flexibility index (Phi) is 20.9. The molecule has 1 amide bonds. The van der Waals surface area contributed by atoms with Gasteiger partial charge in [-0.1, -0.05) is 6.08 Å². The molecule has 3 N–H and O–H groups in total. The molecule has 0 radical (unpaired) electrons. The van der Waals surface area contributed by atoms with Gasteiger partial charge in [-0.2, -0.15) is 0 Å². The van der Waals surface area contributed by atoms with E-state index < -0.39 is 0 Å². The molecule has 3 nitrogen and oxygen atoms in total. The Morgan fingerprint density at radius 3 is 2.12 bits per heavy atom. The van der Waals surface area contributed by atoms with E-state index in [9.17, 15) is 0 Å². The third-order valence-corrected chi connectivity index (χ3v) is 0.333. The molecule has 8 heavy (non-hydrogen) atoms. The molecule has 0 atom stereocenters. The zero-order valence-corrected chi connectivity index (χ0v) is 4.71. The van der Waals surface area contributed by atoms with Crippen LogP contribution in [0.4, 0.5) is 0 Å². The van der Waals surface area contributed by atoms with Gasteiger partial charge in [-0.15, -0.1) is 6.58 Å². The summed E-state index contributed by atoms with van der Waals surface area (Å²) in [6.07, 6.45) is 2.64. The zero-order valence-electron chi connectivity index (χ0n) is 4.71. The van der Waals surface area contributed by atoms with Crippen LogP contribution in [-0.2, 0) is 4.79 Å². The van der Waals surface area contributed by atoms with Gasteiger partial charge in [0.15, 0.2) is 0 Å². The molecular weight excluding hydrogens is 106 g/mol. The van der Waals surface area contributed by atoms with Gasteiger partial charge < -0.3 is 10.8 Å². The predicted molar refractivity (Wildman–Crippen MR) is 32.2 cm³/mol. The van der Waals surface area contributed by atoms with Crippen molar-refractivity contribution in [2.45, 2.75) is 6.42 Å². The second-order valence-electron chi connectivity index (χ2n) is 0.937. The van der Waals surface area contributed by atoms with Crippen LogP contribution >= 0.6 is 0 Å². The highest BCUT2D eigenvalue weighted by Crippen LogP contribution is 1.69. The first-order valence-corrected chi connectivity index (χ1v) is 2.20. The van der Waals surface area contributed by atoms with Crippen LogP contribution in [-0.4, -0.2) is 18.1 Å². The van der Waals surface area contributed by atoms with Crippen molar-refractivity contribution in [3.63, 3.8) is 0 Å². The van der Waals surface area contributed by atoms with E-state index in [0.29, 0.717) is 6.42 Å². The van der Waals surface area contributed by atoms with Gasteiger partial charge in [0.05, 0.1) is 0 Å². The van der Waals surface area contributed by atoms with Crippen LogP contribution in [0.1, 0.15) is 6.42 Å². The molecule has 0 heterocycles. The highest BCUT2D eigenvalue weighted by molar-refractivity contribution is 5.42. The molecule has 0 spiro atoms. The van der Waals surface area contributed by atoms with Crippen molar-refractivity contribution in [3.8, 4) is 0 Å². The molecule has 0 fully saturated rings. The molecule has 0 aliphatic carbocycles. The number of carbonyl (C=O) groups excluding carboxylic acids is 1. The molecule has 0 saturated heterocycles. The van der Waals surface area contributed by atoms with Crippen molar-refractivity contribution in [2.24, 2.45) is 5.73 Å². The van der Waals surface area contributed by atoms with Crippen LogP contribution in [0.25, 0.3) is 0 Å². The van der Waals surface area contributed by atoms with E-state index in [1.807, 2.05) is 0 Å². The summed E-state index contributed by atoms with van der Waals surface area (Å²) in [7, 11) is 0. The maximum atomic E-state index is 8.58. The molecule has 0 unspecified atom stereocenters. The minimum absolute atomic E-state index is 0.226. The summed E-state index contributed by atoms with van der Waals surface area (Å²) in [6, 6.07) is 0. The molecule has 0 aromatic heterocycles. The highest BCUT2D eigenvalue weighted by atomic mass is 16.2. The van der Waals surface area contributed by atoms with Crippen molar-refractivity contribution < 1.29 is 9.90 Å². The summed E-state index contributed by atoms with van der Waals surface area (Å²) >= 11 is 0. The van der Waals surface area contributed by atoms with Crippen LogP contribution < -0.4 is 5.73 Å². The molecular formula is C5H11NO2. The number of aliphatic hydroxyl groups excluding tert-OH is 1. The number of hydrogen-bond donors (Lipinski definition) is 2. The Bertz CT molecular complexity index is 54.4. The van der Waals surface area contributed by atoms with E-state index in [4.69, 9.17) is 9.90 Å². The van der Waals surface area contributed by atoms with Gasteiger partial charge in [-0.05, 0) is 6.42 Å². The fourth-order valence-electron chi connectivity index (χ4n) is 0.0913. The molecule has 0 aliphatic rings. The maximum Gasteiger partial charge on any atom is 0.204 e. The van der Waals surface area contributed by atoms with Crippen LogP contribution in [0.15, 0.2) is 12.7 Å². The number of amides is 1. The molecule has 0 aromatic rings. The number of rotatable bonds is 2. The van der Waals surface area contributed by atoms with Crippen molar-refractivity contribution in [1.82, 2.24) is 0 Å². The maximum absolute atomic E-state index is 8.58. The van der Waals surface area contributed by atoms with Crippen molar-refractivity contribution in [3.05, 3.63) is 12.7 Å². The summed E-state index contributed by atoms with van der Waals surface area (Å²) in [5.41, 5.74) is 4.17. The lowest BCUT2D eigenvalue weighted by atomic mass is 10.5. The van der Waals surface area contributed by atoms with Crippen molar-refractivity contribution in [1.29, 1.82) is 0 Å². The van der Waals surface area contributed by atoms with Gasteiger partial charge >= 0.3 is 0 Å². The average molecular weight is 117 g/mol. The van der Waals surface area contributed by atoms with Gasteiger partial charge in [-0.3, -0.25) is 4.79 Å². The molecule has 0 saturated carbocycles. The lowest BCUT2D eigenvalue weighted by Gasteiger charge is -1.73. The monoisotopic (exact) mass is 117 g/mol. The summed E-state index contributed by atoms with van der Waals surface area (Å²) in [5.74, 6) is 0. The minimum Gasteiger partial charge on any atom is -0.396 e. The lowest BCUT2D eigenvalue weighted by molar-refractivity contribution is -0.106. The topological polar surface area (TPSA) is 63.3 Å². The van der Waals surface area contributed by atoms with Crippen molar-refractivity contribution in [2.75, 3.05) is 6.61 Å². The Balaban J connectivity index is 0. The van der Waals surface area contributed by atoms with Gasteiger partial charge in [0.2, 0.25) is 6.41 Å². The van der Waals surface area contributed by atoms with Gasteiger partial charge in [-0.25, -0.2) is 0 Å². The van der Waals surface area contributed by atoms with Crippen LogP contribution in [0.5, 0.6) is 0 Å². The number of carbonyl (C=O) groups is 1. The van der Waals surface area contributed by atoms with Crippen LogP contribution in [0.3, 0.4) is 0 Å². The summed E-state index contributed by atoms with van der Waals surface area (Å²) < 4.78 is 0. The van der Waals surface area contributed by atoms with E-state index in [1.54, 1.807) is 6.08 Å². The molecule has 48 valence electrons.